The van der Waals surface area contributed by atoms with Crippen molar-refractivity contribution in [2.45, 2.75) is 19.3 Å². The number of benzene rings is 1. The third kappa shape index (κ3) is 2.82. The van der Waals surface area contributed by atoms with Crippen LogP contribution < -0.4 is 5.32 Å². The van der Waals surface area contributed by atoms with E-state index in [1.54, 1.807) is 0 Å². The fourth-order valence-electron chi connectivity index (χ4n) is 2.17. The van der Waals surface area contributed by atoms with Gasteiger partial charge in [-0.1, -0.05) is 0 Å². The van der Waals surface area contributed by atoms with Crippen LogP contribution >= 0.6 is 0 Å². The van der Waals surface area contributed by atoms with E-state index in [0.29, 0.717) is 18.5 Å². The van der Waals surface area contributed by atoms with Crippen LogP contribution in [0.4, 0.5) is 10.1 Å². The number of carbonyl (C=O) groups is 1. The summed E-state index contributed by atoms with van der Waals surface area (Å²) in [5.74, 6) is -0.927. The van der Waals surface area contributed by atoms with Crippen LogP contribution in [0, 0.1) is 21.8 Å². The molecular formula is C12H13FN2O3. The minimum atomic E-state index is -0.643. The molecule has 0 aromatic heterocycles. The number of amides is 1. The molecule has 5 nitrogen and oxygen atoms in total. The monoisotopic (exact) mass is 252 g/mol. The Hall–Kier alpha value is -1.98. The Balaban J connectivity index is 2.17. The summed E-state index contributed by atoms with van der Waals surface area (Å²) in [4.78, 5) is 21.6. The number of nitrogens with zero attached hydrogens (tertiary/aromatic N) is 1. The van der Waals surface area contributed by atoms with Crippen molar-refractivity contribution in [2.24, 2.45) is 5.92 Å². The van der Waals surface area contributed by atoms with Gasteiger partial charge in [-0.2, -0.15) is 0 Å². The summed E-state index contributed by atoms with van der Waals surface area (Å²) in [6, 6.07) is 3.45. The fourth-order valence-corrected chi connectivity index (χ4v) is 2.17. The minimum absolute atomic E-state index is 0.0619. The average Bonchev–Trinajstić information content (AvgIpc) is 2.31. The van der Waals surface area contributed by atoms with Crippen molar-refractivity contribution in [1.82, 2.24) is 5.32 Å². The molecule has 1 amide bonds. The third-order valence-corrected chi connectivity index (χ3v) is 3.03. The van der Waals surface area contributed by atoms with Crippen molar-refractivity contribution in [1.29, 1.82) is 0 Å². The molecular weight excluding hydrogens is 239 g/mol. The molecule has 1 heterocycles. The normalized spacial score (nSPS) is 19.4. The Morgan fingerprint density at radius 2 is 2.22 bits per heavy atom. The van der Waals surface area contributed by atoms with Crippen molar-refractivity contribution in [3.05, 3.63) is 39.7 Å². The van der Waals surface area contributed by atoms with E-state index in [1.165, 1.54) is 12.1 Å². The smallest absolute Gasteiger partial charge is 0.272 e. The van der Waals surface area contributed by atoms with Gasteiger partial charge < -0.3 is 5.32 Å². The molecule has 0 saturated carbocycles. The highest BCUT2D eigenvalue weighted by Crippen LogP contribution is 2.22. The summed E-state index contributed by atoms with van der Waals surface area (Å²) in [6.07, 6.45) is 1.95. The maximum absolute atomic E-state index is 13.2. The number of nitrogens with one attached hydrogen (secondary N) is 1. The van der Waals surface area contributed by atoms with Crippen LogP contribution in [0.5, 0.6) is 0 Å². The summed E-state index contributed by atoms with van der Waals surface area (Å²) in [7, 11) is 0. The van der Waals surface area contributed by atoms with Gasteiger partial charge in [-0.15, -0.1) is 0 Å². The molecule has 2 rings (SSSR count). The van der Waals surface area contributed by atoms with Crippen LogP contribution in [-0.4, -0.2) is 17.4 Å². The molecule has 0 spiro atoms. The Morgan fingerprint density at radius 1 is 1.44 bits per heavy atom. The Bertz CT molecular complexity index is 490. The van der Waals surface area contributed by atoms with Crippen LogP contribution in [0.15, 0.2) is 18.2 Å². The van der Waals surface area contributed by atoms with E-state index in [2.05, 4.69) is 5.32 Å². The van der Waals surface area contributed by atoms with Gasteiger partial charge in [0, 0.05) is 18.5 Å². The average molecular weight is 252 g/mol. The number of nitro groups is 1. The van der Waals surface area contributed by atoms with E-state index >= 15 is 0 Å². The number of halogens is 1. The van der Waals surface area contributed by atoms with Gasteiger partial charge in [0.15, 0.2) is 0 Å². The number of hydrogen-bond donors (Lipinski definition) is 1. The number of piperidine rings is 1. The van der Waals surface area contributed by atoms with Gasteiger partial charge in [0.1, 0.15) is 5.82 Å². The maximum Gasteiger partial charge on any atom is 0.272 e. The van der Waals surface area contributed by atoms with E-state index in [1.807, 2.05) is 0 Å². The summed E-state index contributed by atoms with van der Waals surface area (Å²) in [6.45, 7) is 0.665. The maximum atomic E-state index is 13.2. The number of rotatable bonds is 3. The van der Waals surface area contributed by atoms with Crippen molar-refractivity contribution >= 4 is 11.6 Å². The molecule has 1 unspecified atom stereocenters. The zero-order chi connectivity index (χ0) is 13.1. The Labute approximate surface area is 103 Å². The van der Waals surface area contributed by atoms with Crippen LogP contribution in [0.1, 0.15) is 18.4 Å². The third-order valence-electron chi connectivity index (χ3n) is 3.03. The van der Waals surface area contributed by atoms with Crippen LogP contribution in [0.25, 0.3) is 0 Å². The second kappa shape index (κ2) is 5.12. The second-order valence-electron chi connectivity index (χ2n) is 4.41. The highest BCUT2D eigenvalue weighted by molar-refractivity contribution is 5.79. The largest absolute Gasteiger partial charge is 0.356 e. The number of hydrogen-bond acceptors (Lipinski definition) is 3. The minimum Gasteiger partial charge on any atom is -0.356 e. The molecule has 1 aliphatic heterocycles. The van der Waals surface area contributed by atoms with Gasteiger partial charge in [0.05, 0.1) is 11.0 Å². The summed E-state index contributed by atoms with van der Waals surface area (Å²) in [5.41, 5.74) is 0.213. The first-order valence-electron chi connectivity index (χ1n) is 5.78. The topological polar surface area (TPSA) is 72.2 Å². The molecule has 1 aromatic carbocycles. The molecule has 1 fully saturated rings. The zero-order valence-electron chi connectivity index (χ0n) is 9.69. The molecule has 0 radical (unpaired) electrons. The van der Waals surface area contributed by atoms with Gasteiger partial charge >= 0.3 is 0 Å². The van der Waals surface area contributed by atoms with E-state index in [-0.39, 0.29) is 17.5 Å². The molecule has 1 N–H and O–H groups in total. The highest BCUT2D eigenvalue weighted by atomic mass is 19.1. The molecule has 0 bridgehead atoms. The Morgan fingerprint density at radius 3 is 2.89 bits per heavy atom. The van der Waals surface area contributed by atoms with E-state index in [9.17, 15) is 19.3 Å². The lowest BCUT2D eigenvalue weighted by molar-refractivity contribution is -0.385. The first-order valence-corrected chi connectivity index (χ1v) is 5.78. The van der Waals surface area contributed by atoms with E-state index in [0.717, 1.165) is 18.9 Å². The number of carbonyl (C=O) groups excluding carboxylic acids is 1. The van der Waals surface area contributed by atoms with Crippen molar-refractivity contribution < 1.29 is 14.1 Å². The first-order chi connectivity index (χ1) is 8.56. The predicted octanol–water partition coefficient (Wildman–Crippen LogP) is 1.80. The van der Waals surface area contributed by atoms with Gasteiger partial charge in [-0.25, -0.2) is 4.39 Å². The van der Waals surface area contributed by atoms with E-state index in [4.69, 9.17) is 0 Å². The number of nitro benzene ring substituents is 1. The standard InChI is InChI=1S/C12H13FN2O3/c13-10-5-8(6-11(7-10)15(17)18)4-9-2-1-3-14-12(9)16/h5-7,9H,1-4H2,(H,14,16). The summed E-state index contributed by atoms with van der Waals surface area (Å²) < 4.78 is 13.2. The lowest BCUT2D eigenvalue weighted by Crippen LogP contribution is -2.37. The molecule has 1 saturated heterocycles. The fraction of sp³-hybridized carbons (Fsp3) is 0.417. The first kappa shape index (κ1) is 12.5. The van der Waals surface area contributed by atoms with Crippen molar-refractivity contribution in [2.75, 3.05) is 6.54 Å². The summed E-state index contributed by atoms with van der Waals surface area (Å²) in [5, 5.41) is 13.4. The molecule has 18 heavy (non-hydrogen) atoms. The highest BCUT2D eigenvalue weighted by Gasteiger charge is 2.23. The molecule has 1 aliphatic rings. The van der Waals surface area contributed by atoms with Gasteiger partial charge in [0.2, 0.25) is 5.91 Å². The van der Waals surface area contributed by atoms with Crippen molar-refractivity contribution in [3.8, 4) is 0 Å². The quantitative estimate of drug-likeness (QED) is 0.658. The molecule has 96 valence electrons. The zero-order valence-corrected chi connectivity index (χ0v) is 9.69. The molecule has 0 aliphatic carbocycles. The number of non-ortho nitro benzene ring substituents is 1. The van der Waals surface area contributed by atoms with Crippen LogP contribution in [-0.2, 0) is 11.2 Å². The molecule has 1 aromatic rings. The van der Waals surface area contributed by atoms with Crippen LogP contribution in [0.3, 0.4) is 0 Å². The summed E-state index contributed by atoms with van der Waals surface area (Å²) >= 11 is 0. The lowest BCUT2D eigenvalue weighted by atomic mass is 9.91. The van der Waals surface area contributed by atoms with Crippen LogP contribution in [0.2, 0.25) is 0 Å². The van der Waals surface area contributed by atoms with Crippen molar-refractivity contribution in [3.63, 3.8) is 0 Å². The van der Waals surface area contributed by atoms with Gasteiger partial charge in [-0.3, -0.25) is 14.9 Å². The molecule has 6 heteroatoms. The molecule has 1 atom stereocenters. The lowest BCUT2D eigenvalue weighted by Gasteiger charge is -2.21. The Kier molecular flexibility index (Phi) is 3.55. The van der Waals surface area contributed by atoms with E-state index < -0.39 is 10.7 Å². The predicted molar refractivity (Wildman–Crippen MR) is 62.5 cm³/mol. The SMILES string of the molecule is O=C1NCCCC1Cc1cc(F)cc([N+](=O)[O-])c1. The second-order valence-corrected chi connectivity index (χ2v) is 4.41. The van der Waals surface area contributed by atoms with Gasteiger partial charge in [-0.05, 0) is 30.9 Å². The van der Waals surface area contributed by atoms with Gasteiger partial charge in [0.25, 0.3) is 5.69 Å².